The summed E-state index contributed by atoms with van der Waals surface area (Å²) in [7, 11) is 0. The SMILES string of the molecule is CCCNC(Cc1cncc(Br)c1)C1CCCC1C. The zero-order valence-electron chi connectivity index (χ0n) is 12.0. The molecule has 1 heterocycles. The van der Waals surface area contributed by atoms with E-state index in [1.54, 1.807) is 0 Å². The minimum absolute atomic E-state index is 0.605. The van der Waals surface area contributed by atoms with E-state index in [0.29, 0.717) is 6.04 Å². The van der Waals surface area contributed by atoms with Crippen molar-refractivity contribution < 1.29 is 0 Å². The quantitative estimate of drug-likeness (QED) is 0.848. The van der Waals surface area contributed by atoms with E-state index in [4.69, 9.17) is 0 Å². The molecular weight excluding hydrogens is 300 g/mol. The van der Waals surface area contributed by atoms with E-state index >= 15 is 0 Å². The molecular formula is C16H25BrN2. The molecule has 1 N–H and O–H groups in total. The van der Waals surface area contributed by atoms with Gasteiger partial charge in [0.2, 0.25) is 0 Å². The van der Waals surface area contributed by atoms with Crippen LogP contribution < -0.4 is 5.32 Å². The summed E-state index contributed by atoms with van der Waals surface area (Å²) in [5, 5.41) is 3.77. The van der Waals surface area contributed by atoms with Crippen LogP contribution in [0.2, 0.25) is 0 Å². The third kappa shape index (κ3) is 4.28. The second kappa shape index (κ2) is 7.39. The normalized spacial score (nSPS) is 24.6. The fourth-order valence-corrected chi connectivity index (χ4v) is 3.71. The number of aromatic nitrogens is 1. The Morgan fingerprint density at radius 2 is 2.26 bits per heavy atom. The molecule has 3 unspecified atom stereocenters. The number of nitrogens with zero attached hydrogens (tertiary/aromatic N) is 1. The van der Waals surface area contributed by atoms with Crippen LogP contribution in [-0.4, -0.2) is 17.6 Å². The van der Waals surface area contributed by atoms with Gasteiger partial charge in [0.05, 0.1) is 0 Å². The molecule has 1 saturated carbocycles. The lowest BCUT2D eigenvalue weighted by Gasteiger charge is -2.28. The Morgan fingerprint density at radius 1 is 1.42 bits per heavy atom. The van der Waals surface area contributed by atoms with Crippen LogP contribution in [0.5, 0.6) is 0 Å². The summed E-state index contributed by atoms with van der Waals surface area (Å²) in [6, 6.07) is 2.81. The molecule has 0 bridgehead atoms. The minimum Gasteiger partial charge on any atom is -0.313 e. The molecule has 0 spiro atoms. The van der Waals surface area contributed by atoms with Crippen LogP contribution in [0.3, 0.4) is 0 Å². The van der Waals surface area contributed by atoms with Gasteiger partial charge in [-0.3, -0.25) is 4.98 Å². The predicted molar refractivity (Wildman–Crippen MR) is 84.2 cm³/mol. The Labute approximate surface area is 125 Å². The number of pyridine rings is 1. The van der Waals surface area contributed by atoms with Crippen molar-refractivity contribution >= 4 is 15.9 Å². The van der Waals surface area contributed by atoms with E-state index in [9.17, 15) is 0 Å². The number of nitrogens with one attached hydrogen (secondary N) is 1. The zero-order valence-corrected chi connectivity index (χ0v) is 13.6. The molecule has 3 atom stereocenters. The van der Waals surface area contributed by atoms with Crippen LogP contribution in [0, 0.1) is 11.8 Å². The molecule has 0 radical (unpaired) electrons. The van der Waals surface area contributed by atoms with E-state index in [-0.39, 0.29) is 0 Å². The van der Waals surface area contributed by atoms with Crippen molar-refractivity contribution in [2.75, 3.05) is 6.54 Å². The van der Waals surface area contributed by atoms with Gasteiger partial charge < -0.3 is 5.32 Å². The molecule has 2 nitrogen and oxygen atoms in total. The van der Waals surface area contributed by atoms with E-state index in [1.807, 2.05) is 12.4 Å². The van der Waals surface area contributed by atoms with Crippen molar-refractivity contribution in [3.05, 3.63) is 28.5 Å². The first kappa shape index (κ1) is 15.0. The van der Waals surface area contributed by atoms with E-state index in [0.717, 1.165) is 29.3 Å². The topological polar surface area (TPSA) is 24.9 Å². The van der Waals surface area contributed by atoms with Gasteiger partial charge in [0, 0.05) is 22.9 Å². The van der Waals surface area contributed by atoms with Gasteiger partial charge in [-0.1, -0.05) is 26.7 Å². The molecule has 19 heavy (non-hydrogen) atoms. The summed E-state index contributed by atoms with van der Waals surface area (Å²) in [6.07, 6.45) is 10.3. The summed E-state index contributed by atoms with van der Waals surface area (Å²) in [4.78, 5) is 4.29. The second-order valence-corrected chi connectivity index (χ2v) is 6.76. The lowest BCUT2D eigenvalue weighted by atomic mass is 9.86. The molecule has 3 heteroatoms. The van der Waals surface area contributed by atoms with Gasteiger partial charge >= 0.3 is 0 Å². The highest BCUT2D eigenvalue weighted by molar-refractivity contribution is 9.10. The Morgan fingerprint density at radius 3 is 2.89 bits per heavy atom. The van der Waals surface area contributed by atoms with Crippen LogP contribution in [-0.2, 0) is 6.42 Å². The third-order valence-corrected chi connectivity index (χ3v) is 4.75. The average Bonchev–Trinajstić information content (AvgIpc) is 2.81. The van der Waals surface area contributed by atoms with Crippen molar-refractivity contribution in [3.63, 3.8) is 0 Å². The van der Waals surface area contributed by atoms with Gasteiger partial charge in [-0.2, -0.15) is 0 Å². The number of hydrogen-bond acceptors (Lipinski definition) is 2. The minimum atomic E-state index is 0.605. The molecule has 0 aromatic carbocycles. The molecule has 0 aliphatic heterocycles. The monoisotopic (exact) mass is 324 g/mol. The van der Waals surface area contributed by atoms with Gasteiger partial charge in [-0.05, 0) is 65.2 Å². The van der Waals surface area contributed by atoms with Crippen LogP contribution in [0.25, 0.3) is 0 Å². The molecule has 0 amide bonds. The number of rotatable bonds is 6. The van der Waals surface area contributed by atoms with Crippen LogP contribution in [0.1, 0.15) is 45.1 Å². The highest BCUT2D eigenvalue weighted by atomic mass is 79.9. The molecule has 2 rings (SSSR count). The first-order valence-electron chi connectivity index (χ1n) is 7.53. The van der Waals surface area contributed by atoms with Gasteiger partial charge in [0.1, 0.15) is 0 Å². The smallest absolute Gasteiger partial charge is 0.0410 e. The highest BCUT2D eigenvalue weighted by Crippen LogP contribution is 2.34. The summed E-state index contributed by atoms with van der Waals surface area (Å²) in [5.74, 6) is 1.68. The molecule has 0 saturated heterocycles. The Hall–Kier alpha value is -0.410. The van der Waals surface area contributed by atoms with Crippen molar-refractivity contribution in [2.24, 2.45) is 11.8 Å². The lowest BCUT2D eigenvalue weighted by Crippen LogP contribution is -2.39. The Balaban J connectivity index is 2.04. The summed E-state index contributed by atoms with van der Waals surface area (Å²) >= 11 is 3.52. The maximum atomic E-state index is 4.29. The van der Waals surface area contributed by atoms with Crippen LogP contribution >= 0.6 is 15.9 Å². The standard InChI is InChI=1S/C16H25BrN2/c1-3-7-19-16(15-6-4-5-12(15)2)9-13-8-14(17)11-18-10-13/h8,10-12,15-16,19H,3-7,9H2,1-2H3. The zero-order chi connectivity index (χ0) is 13.7. The number of hydrogen-bond donors (Lipinski definition) is 1. The van der Waals surface area contributed by atoms with E-state index < -0.39 is 0 Å². The molecule has 106 valence electrons. The summed E-state index contributed by atoms with van der Waals surface area (Å²) < 4.78 is 1.08. The van der Waals surface area contributed by atoms with Crippen LogP contribution in [0.15, 0.2) is 22.9 Å². The largest absolute Gasteiger partial charge is 0.313 e. The fourth-order valence-electron chi connectivity index (χ4n) is 3.30. The molecule has 1 aliphatic carbocycles. The first-order valence-corrected chi connectivity index (χ1v) is 8.32. The van der Waals surface area contributed by atoms with Crippen molar-refractivity contribution in [3.8, 4) is 0 Å². The Kier molecular flexibility index (Phi) is 5.83. The van der Waals surface area contributed by atoms with Gasteiger partial charge in [0.15, 0.2) is 0 Å². The average molecular weight is 325 g/mol. The molecule has 1 aromatic heterocycles. The highest BCUT2D eigenvalue weighted by Gasteiger charge is 2.30. The maximum absolute atomic E-state index is 4.29. The van der Waals surface area contributed by atoms with Gasteiger partial charge in [-0.25, -0.2) is 0 Å². The number of halogens is 1. The van der Waals surface area contributed by atoms with E-state index in [1.165, 1.54) is 31.2 Å². The lowest BCUT2D eigenvalue weighted by molar-refractivity contribution is 0.295. The van der Waals surface area contributed by atoms with E-state index in [2.05, 4.69) is 46.1 Å². The molecule has 1 fully saturated rings. The van der Waals surface area contributed by atoms with Crippen LogP contribution in [0.4, 0.5) is 0 Å². The van der Waals surface area contributed by atoms with Gasteiger partial charge in [-0.15, -0.1) is 0 Å². The maximum Gasteiger partial charge on any atom is 0.0410 e. The molecule has 1 aliphatic rings. The summed E-state index contributed by atoms with van der Waals surface area (Å²) in [6.45, 7) is 5.77. The fraction of sp³-hybridized carbons (Fsp3) is 0.688. The second-order valence-electron chi connectivity index (χ2n) is 5.85. The van der Waals surface area contributed by atoms with Crippen molar-refractivity contribution in [1.29, 1.82) is 0 Å². The third-order valence-electron chi connectivity index (χ3n) is 4.32. The van der Waals surface area contributed by atoms with Crippen molar-refractivity contribution in [2.45, 2.75) is 52.0 Å². The summed E-state index contributed by atoms with van der Waals surface area (Å²) in [5.41, 5.74) is 1.34. The Bertz CT molecular complexity index is 394. The molecule has 1 aromatic rings. The first-order chi connectivity index (χ1) is 9.20. The predicted octanol–water partition coefficient (Wildman–Crippen LogP) is 4.19. The van der Waals surface area contributed by atoms with Crippen molar-refractivity contribution in [1.82, 2.24) is 10.3 Å². The van der Waals surface area contributed by atoms with Gasteiger partial charge in [0.25, 0.3) is 0 Å².